The maximum atomic E-state index is 11.4. The quantitative estimate of drug-likeness (QED) is 0.555. The molecule has 0 aromatic heterocycles. The summed E-state index contributed by atoms with van der Waals surface area (Å²) in [5.41, 5.74) is -0.928. The predicted molar refractivity (Wildman–Crippen MR) is 42.3 cm³/mol. The molecule has 0 aliphatic carbocycles. The monoisotopic (exact) mass is 144 g/mol. The van der Waals surface area contributed by atoms with Gasteiger partial charge in [0.1, 0.15) is 0 Å². The van der Waals surface area contributed by atoms with Crippen LogP contribution in [-0.2, 0) is 5.11 Å². The molecule has 0 saturated carbocycles. The van der Waals surface area contributed by atoms with E-state index in [0.29, 0.717) is 6.04 Å². The molecule has 2 nitrogen and oxygen atoms in total. The maximum absolute atomic E-state index is 11.4. The Morgan fingerprint density at radius 2 is 1.80 bits per heavy atom. The van der Waals surface area contributed by atoms with E-state index >= 15 is 0 Å². The van der Waals surface area contributed by atoms with E-state index in [-0.39, 0.29) is 0 Å². The zero-order valence-electron chi connectivity index (χ0n) is 7.64. The molecule has 0 aromatic carbocycles. The van der Waals surface area contributed by atoms with Crippen molar-refractivity contribution in [2.24, 2.45) is 0 Å². The van der Waals surface area contributed by atoms with Gasteiger partial charge in [-0.15, -0.1) is 0 Å². The molecule has 0 spiro atoms. The summed E-state index contributed by atoms with van der Waals surface area (Å²) < 4.78 is 0. The van der Waals surface area contributed by atoms with Crippen molar-refractivity contribution in [3.05, 3.63) is 0 Å². The fraction of sp³-hybridized carbons (Fsp3) is 1.00. The van der Waals surface area contributed by atoms with Crippen molar-refractivity contribution in [1.29, 1.82) is 0 Å². The normalized spacial score (nSPS) is 13.2. The van der Waals surface area contributed by atoms with Crippen LogP contribution in [0.5, 0.6) is 0 Å². The fourth-order valence-electron chi connectivity index (χ4n) is 1.37. The van der Waals surface area contributed by atoms with E-state index in [2.05, 4.69) is 0 Å². The number of rotatable bonds is 3. The third-order valence-corrected chi connectivity index (χ3v) is 1.66. The van der Waals surface area contributed by atoms with Gasteiger partial charge in [0.2, 0.25) is 0 Å². The van der Waals surface area contributed by atoms with Crippen LogP contribution < -0.4 is 0 Å². The third-order valence-electron chi connectivity index (χ3n) is 1.66. The van der Waals surface area contributed by atoms with Crippen LogP contribution in [0.25, 0.3) is 0 Å². The molecule has 0 atom stereocenters. The van der Waals surface area contributed by atoms with Crippen molar-refractivity contribution in [1.82, 2.24) is 4.90 Å². The molecule has 0 unspecified atom stereocenters. The Hall–Kier alpha value is -0.0800. The van der Waals surface area contributed by atoms with Crippen LogP contribution in [0.4, 0.5) is 0 Å². The predicted octanol–water partition coefficient (Wildman–Crippen LogP) is 1.88. The molecule has 2 heteroatoms. The summed E-state index contributed by atoms with van der Waals surface area (Å²) >= 11 is 0. The van der Waals surface area contributed by atoms with Gasteiger partial charge in [0.25, 0.3) is 0 Å². The standard InChI is InChI=1S/C8H18NO/c1-6-9(7(2)3)8(4,5)10/h7H,6H2,1-5H3. The Bertz CT molecular complexity index is 93.9. The highest BCUT2D eigenvalue weighted by Gasteiger charge is 2.25. The van der Waals surface area contributed by atoms with Crippen LogP contribution in [0.2, 0.25) is 0 Å². The van der Waals surface area contributed by atoms with E-state index < -0.39 is 5.72 Å². The van der Waals surface area contributed by atoms with Gasteiger partial charge < -0.3 is 0 Å². The van der Waals surface area contributed by atoms with Crippen LogP contribution in [0.3, 0.4) is 0 Å². The van der Waals surface area contributed by atoms with Crippen LogP contribution in [0, 0.1) is 0 Å². The minimum Gasteiger partial charge on any atom is -0.271 e. The summed E-state index contributed by atoms with van der Waals surface area (Å²) in [6.07, 6.45) is 0. The van der Waals surface area contributed by atoms with Gasteiger partial charge in [-0.2, -0.15) is 0 Å². The molecular weight excluding hydrogens is 126 g/mol. The van der Waals surface area contributed by atoms with Crippen LogP contribution in [0.1, 0.15) is 34.6 Å². The van der Waals surface area contributed by atoms with Crippen LogP contribution in [0.15, 0.2) is 0 Å². The number of nitrogens with zero attached hydrogens (tertiary/aromatic N) is 1. The summed E-state index contributed by atoms with van der Waals surface area (Å²) in [5, 5.41) is 11.4. The zero-order valence-corrected chi connectivity index (χ0v) is 7.64. The average Bonchev–Trinajstić information content (AvgIpc) is 1.60. The average molecular weight is 144 g/mol. The summed E-state index contributed by atoms with van der Waals surface area (Å²) in [5.74, 6) is 0. The van der Waals surface area contributed by atoms with Gasteiger partial charge in [-0.1, -0.05) is 6.92 Å². The molecule has 0 amide bonds. The first kappa shape index (κ1) is 9.92. The first-order valence-electron chi connectivity index (χ1n) is 3.86. The summed E-state index contributed by atoms with van der Waals surface area (Å²) in [7, 11) is 0. The summed E-state index contributed by atoms with van der Waals surface area (Å²) in [4.78, 5) is 1.92. The Morgan fingerprint density at radius 3 is 1.80 bits per heavy atom. The molecule has 1 radical (unpaired) electrons. The largest absolute Gasteiger partial charge is 0.271 e. The molecule has 61 valence electrons. The van der Waals surface area contributed by atoms with Crippen molar-refractivity contribution in [2.75, 3.05) is 6.54 Å². The third kappa shape index (κ3) is 2.67. The number of hydrogen-bond donors (Lipinski definition) is 0. The maximum Gasteiger partial charge on any atom is 0.151 e. The van der Waals surface area contributed by atoms with Crippen LogP contribution in [-0.4, -0.2) is 23.2 Å². The van der Waals surface area contributed by atoms with Crippen molar-refractivity contribution in [3.63, 3.8) is 0 Å². The molecule has 0 aromatic rings. The van der Waals surface area contributed by atoms with E-state index in [1.807, 2.05) is 25.7 Å². The van der Waals surface area contributed by atoms with E-state index in [4.69, 9.17) is 0 Å². The van der Waals surface area contributed by atoms with E-state index in [0.717, 1.165) is 6.54 Å². The lowest BCUT2D eigenvalue weighted by Crippen LogP contribution is -2.46. The van der Waals surface area contributed by atoms with Gasteiger partial charge in [0, 0.05) is 6.04 Å². The van der Waals surface area contributed by atoms with Crippen molar-refractivity contribution < 1.29 is 5.11 Å². The smallest absolute Gasteiger partial charge is 0.151 e. The lowest BCUT2D eigenvalue weighted by atomic mass is 10.2. The van der Waals surface area contributed by atoms with Crippen molar-refractivity contribution >= 4 is 0 Å². The molecule has 0 rings (SSSR count). The van der Waals surface area contributed by atoms with Gasteiger partial charge in [-0.3, -0.25) is 4.90 Å². The topological polar surface area (TPSA) is 23.1 Å². The highest BCUT2D eigenvalue weighted by molar-refractivity contribution is 4.70. The SMILES string of the molecule is CCN(C(C)C)C(C)(C)[O]. The summed E-state index contributed by atoms with van der Waals surface area (Å²) in [6, 6.07) is 0.345. The minimum absolute atomic E-state index is 0.345. The Labute approximate surface area is 63.8 Å². The second kappa shape index (κ2) is 3.35. The molecule has 0 bridgehead atoms. The van der Waals surface area contributed by atoms with E-state index in [1.54, 1.807) is 13.8 Å². The molecule has 10 heavy (non-hydrogen) atoms. The van der Waals surface area contributed by atoms with Gasteiger partial charge in [-0.05, 0) is 34.2 Å². The van der Waals surface area contributed by atoms with Gasteiger partial charge in [0.15, 0.2) is 5.72 Å². The number of hydrogen-bond acceptors (Lipinski definition) is 1. The van der Waals surface area contributed by atoms with Gasteiger partial charge in [0.05, 0.1) is 0 Å². The van der Waals surface area contributed by atoms with Crippen molar-refractivity contribution in [3.8, 4) is 0 Å². The summed E-state index contributed by atoms with van der Waals surface area (Å²) in [6.45, 7) is 10.3. The molecule has 0 N–H and O–H groups in total. The van der Waals surface area contributed by atoms with Crippen molar-refractivity contribution in [2.45, 2.75) is 46.4 Å². The Morgan fingerprint density at radius 1 is 1.40 bits per heavy atom. The molecule has 0 heterocycles. The first-order chi connectivity index (χ1) is 4.39. The lowest BCUT2D eigenvalue weighted by molar-refractivity contribution is -0.138. The fourth-order valence-corrected chi connectivity index (χ4v) is 1.37. The highest BCUT2D eigenvalue weighted by Crippen LogP contribution is 2.13. The van der Waals surface area contributed by atoms with Crippen LogP contribution >= 0.6 is 0 Å². The first-order valence-corrected chi connectivity index (χ1v) is 3.86. The van der Waals surface area contributed by atoms with E-state index in [9.17, 15) is 5.11 Å². The molecular formula is C8H18NO. The molecule has 0 fully saturated rings. The zero-order chi connectivity index (χ0) is 8.36. The molecule has 0 aliphatic heterocycles. The second-order valence-electron chi connectivity index (χ2n) is 3.33. The van der Waals surface area contributed by atoms with Gasteiger partial charge in [-0.25, -0.2) is 5.11 Å². The molecule has 0 saturated heterocycles. The molecule has 0 aliphatic rings. The van der Waals surface area contributed by atoms with E-state index in [1.165, 1.54) is 0 Å². The minimum atomic E-state index is -0.928. The second-order valence-corrected chi connectivity index (χ2v) is 3.33. The Balaban J connectivity index is 4.07. The van der Waals surface area contributed by atoms with Gasteiger partial charge >= 0.3 is 0 Å². The highest BCUT2D eigenvalue weighted by atomic mass is 16.3. The Kier molecular flexibility index (Phi) is 3.33. The lowest BCUT2D eigenvalue weighted by Gasteiger charge is -2.34.